The Kier molecular flexibility index (Phi) is 4.76. The SMILES string of the molecule is O=C(c1ccccn1)N1Cc2nccn2CC(CN2CCOCC2)C1. The molecule has 2 aromatic rings. The Morgan fingerprint density at radius 3 is 2.84 bits per heavy atom. The van der Waals surface area contributed by atoms with E-state index in [0.29, 0.717) is 18.2 Å². The fourth-order valence-corrected chi connectivity index (χ4v) is 3.61. The van der Waals surface area contributed by atoms with E-state index >= 15 is 0 Å². The van der Waals surface area contributed by atoms with E-state index in [1.165, 1.54) is 0 Å². The number of morpholine rings is 1. The molecule has 2 aliphatic heterocycles. The molecule has 0 radical (unpaired) electrons. The molecule has 1 saturated heterocycles. The molecule has 1 amide bonds. The zero-order chi connectivity index (χ0) is 17.1. The lowest BCUT2D eigenvalue weighted by Gasteiger charge is -2.31. The molecule has 0 spiro atoms. The molecule has 4 rings (SSSR count). The topological polar surface area (TPSA) is 63.5 Å². The lowest BCUT2D eigenvalue weighted by molar-refractivity contribution is 0.0263. The summed E-state index contributed by atoms with van der Waals surface area (Å²) in [5, 5.41) is 0. The Balaban J connectivity index is 1.53. The van der Waals surface area contributed by atoms with E-state index in [4.69, 9.17) is 4.74 Å². The molecular formula is C18H23N5O2. The molecule has 7 heteroatoms. The molecule has 7 nitrogen and oxygen atoms in total. The number of ether oxygens (including phenoxy) is 1. The number of carbonyl (C=O) groups is 1. The second kappa shape index (κ2) is 7.33. The van der Waals surface area contributed by atoms with Gasteiger partial charge in [-0.15, -0.1) is 0 Å². The Morgan fingerprint density at radius 1 is 1.16 bits per heavy atom. The van der Waals surface area contributed by atoms with Crippen molar-refractivity contribution in [2.45, 2.75) is 13.1 Å². The first kappa shape index (κ1) is 16.2. The normalized spacial score (nSPS) is 21.6. The number of fused-ring (bicyclic) bond motifs is 1. The van der Waals surface area contributed by atoms with E-state index in [1.807, 2.05) is 29.4 Å². The third-order valence-electron chi connectivity index (χ3n) is 4.86. The van der Waals surface area contributed by atoms with Crippen molar-refractivity contribution in [3.05, 3.63) is 48.3 Å². The van der Waals surface area contributed by atoms with Gasteiger partial charge >= 0.3 is 0 Å². The monoisotopic (exact) mass is 341 g/mol. The summed E-state index contributed by atoms with van der Waals surface area (Å²) in [7, 11) is 0. The minimum absolute atomic E-state index is 0.0240. The van der Waals surface area contributed by atoms with Crippen molar-refractivity contribution in [2.24, 2.45) is 5.92 Å². The van der Waals surface area contributed by atoms with E-state index in [2.05, 4.69) is 19.4 Å². The van der Waals surface area contributed by atoms with Gasteiger partial charge in [-0.2, -0.15) is 0 Å². The molecular weight excluding hydrogens is 318 g/mol. The van der Waals surface area contributed by atoms with E-state index < -0.39 is 0 Å². The molecule has 0 N–H and O–H groups in total. The highest BCUT2D eigenvalue weighted by Crippen LogP contribution is 2.18. The van der Waals surface area contributed by atoms with Gasteiger partial charge < -0.3 is 14.2 Å². The van der Waals surface area contributed by atoms with Crippen LogP contribution >= 0.6 is 0 Å². The zero-order valence-corrected chi connectivity index (χ0v) is 14.3. The maximum atomic E-state index is 12.9. The minimum Gasteiger partial charge on any atom is -0.379 e. The van der Waals surface area contributed by atoms with Gasteiger partial charge in [-0.25, -0.2) is 4.98 Å². The molecule has 1 atom stereocenters. The highest BCUT2D eigenvalue weighted by atomic mass is 16.5. The average Bonchev–Trinajstić information content (AvgIpc) is 3.01. The van der Waals surface area contributed by atoms with Crippen molar-refractivity contribution in [3.8, 4) is 0 Å². The van der Waals surface area contributed by atoms with Gasteiger partial charge in [0, 0.05) is 57.2 Å². The zero-order valence-electron chi connectivity index (χ0n) is 14.3. The third kappa shape index (κ3) is 3.72. The van der Waals surface area contributed by atoms with Crippen molar-refractivity contribution in [3.63, 3.8) is 0 Å². The number of imidazole rings is 1. The summed E-state index contributed by atoms with van der Waals surface area (Å²) in [6.45, 7) is 6.60. The first-order valence-corrected chi connectivity index (χ1v) is 8.80. The fourth-order valence-electron chi connectivity index (χ4n) is 3.61. The fraction of sp³-hybridized carbons (Fsp3) is 0.500. The largest absolute Gasteiger partial charge is 0.379 e. The molecule has 132 valence electrons. The molecule has 4 heterocycles. The summed E-state index contributed by atoms with van der Waals surface area (Å²) in [5.41, 5.74) is 0.493. The highest BCUT2D eigenvalue weighted by Gasteiger charge is 2.28. The number of hydrogen-bond acceptors (Lipinski definition) is 5. The van der Waals surface area contributed by atoms with Crippen LogP contribution in [0.15, 0.2) is 36.8 Å². The highest BCUT2D eigenvalue weighted by molar-refractivity contribution is 5.92. The number of pyridine rings is 1. The predicted octanol–water partition coefficient (Wildman–Crippen LogP) is 0.882. The molecule has 0 saturated carbocycles. The standard InChI is InChI=1S/C18H23N5O2/c24-18(16-3-1-2-4-19-16)23-13-15(11-21-7-9-25-10-8-21)12-22-6-5-20-17(22)14-23/h1-6,15H,7-14H2. The van der Waals surface area contributed by atoms with Crippen LogP contribution in [0.5, 0.6) is 0 Å². The summed E-state index contributed by atoms with van der Waals surface area (Å²) in [5.74, 6) is 1.28. The number of hydrogen-bond donors (Lipinski definition) is 0. The Labute approximate surface area is 147 Å². The van der Waals surface area contributed by atoms with Crippen LogP contribution in [0.1, 0.15) is 16.3 Å². The van der Waals surface area contributed by atoms with Crippen LogP contribution in [0.25, 0.3) is 0 Å². The molecule has 2 aromatic heterocycles. The molecule has 1 fully saturated rings. The van der Waals surface area contributed by atoms with Crippen LogP contribution < -0.4 is 0 Å². The van der Waals surface area contributed by atoms with Gasteiger partial charge in [0.25, 0.3) is 5.91 Å². The van der Waals surface area contributed by atoms with Gasteiger partial charge in [0.05, 0.1) is 19.8 Å². The van der Waals surface area contributed by atoms with E-state index in [-0.39, 0.29) is 5.91 Å². The maximum Gasteiger partial charge on any atom is 0.272 e. The van der Waals surface area contributed by atoms with Crippen molar-refractivity contribution in [2.75, 3.05) is 39.4 Å². The number of nitrogens with zero attached hydrogens (tertiary/aromatic N) is 5. The molecule has 0 aliphatic carbocycles. The summed E-state index contributed by atoms with van der Waals surface area (Å²) in [6.07, 6.45) is 5.49. The number of aromatic nitrogens is 3. The number of carbonyl (C=O) groups excluding carboxylic acids is 1. The van der Waals surface area contributed by atoms with Gasteiger partial charge in [0.1, 0.15) is 11.5 Å². The molecule has 1 unspecified atom stereocenters. The van der Waals surface area contributed by atoms with Gasteiger partial charge in [0.15, 0.2) is 0 Å². The summed E-state index contributed by atoms with van der Waals surface area (Å²) in [6, 6.07) is 5.45. The van der Waals surface area contributed by atoms with Crippen LogP contribution in [-0.4, -0.2) is 69.6 Å². The Bertz CT molecular complexity index is 711. The van der Waals surface area contributed by atoms with Gasteiger partial charge in [0.2, 0.25) is 0 Å². The lowest BCUT2D eigenvalue weighted by Crippen LogP contribution is -2.43. The molecule has 25 heavy (non-hydrogen) atoms. The summed E-state index contributed by atoms with van der Waals surface area (Å²) < 4.78 is 7.62. The van der Waals surface area contributed by atoms with E-state index in [1.54, 1.807) is 12.3 Å². The van der Waals surface area contributed by atoms with Crippen LogP contribution in [-0.2, 0) is 17.8 Å². The number of amides is 1. The quantitative estimate of drug-likeness (QED) is 0.829. The maximum absolute atomic E-state index is 12.9. The van der Waals surface area contributed by atoms with Crippen molar-refractivity contribution < 1.29 is 9.53 Å². The van der Waals surface area contributed by atoms with Crippen molar-refractivity contribution >= 4 is 5.91 Å². The van der Waals surface area contributed by atoms with E-state index in [0.717, 1.165) is 51.8 Å². The summed E-state index contributed by atoms with van der Waals surface area (Å²) >= 11 is 0. The first-order chi connectivity index (χ1) is 12.3. The van der Waals surface area contributed by atoms with Gasteiger partial charge in [-0.3, -0.25) is 14.7 Å². The lowest BCUT2D eigenvalue weighted by atomic mass is 10.1. The van der Waals surface area contributed by atoms with Crippen LogP contribution in [0, 0.1) is 5.92 Å². The van der Waals surface area contributed by atoms with Gasteiger partial charge in [-0.1, -0.05) is 6.07 Å². The minimum atomic E-state index is -0.0240. The van der Waals surface area contributed by atoms with E-state index in [9.17, 15) is 4.79 Å². The molecule has 0 aromatic carbocycles. The third-order valence-corrected chi connectivity index (χ3v) is 4.86. The smallest absolute Gasteiger partial charge is 0.272 e. The molecule has 0 bridgehead atoms. The molecule has 2 aliphatic rings. The average molecular weight is 341 g/mol. The second-order valence-electron chi connectivity index (χ2n) is 6.68. The Morgan fingerprint density at radius 2 is 2.04 bits per heavy atom. The van der Waals surface area contributed by atoms with Crippen LogP contribution in [0.2, 0.25) is 0 Å². The van der Waals surface area contributed by atoms with Crippen molar-refractivity contribution in [1.82, 2.24) is 24.3 Å². The van der Waals surface area contributed by atoms with Gasteiger partial charge in [-0.05, 0) is 12.1 Å². The first-order valence-electron chi connectivity index (χ1n) is 8.80. The van der Waals surface area contributed by atoms with Crippen LogP contribution in [0.4, 0.5) is 0 Å². The second-order valence-corrected chi connectivity index (χ2v) is 6.68. The Hall–Kier alpha value is -2.25. The van der Waals surface area contributed by atoms with Crippen molar-refractivity contribution in [1.29, 1.82) is 0 Å². The van der Waals surface area contributed by atoms with Crippen LogP contribution in [0.3, 0.4) is 0 Å². The summed E-state index contributed by atoms with van der Waals surface area (Å²) in [4.78, 5) is 25.9. The predicted molar refractivity (Wildman–Crippen MR) is 92.0 cm³/mol. The number of rotatable bonds is 3.